The number of nitrogens with zero attached hydrogens (tertiary/aromatic N) is 2. The highest BCUT2D eigenvalue weighted by molar-refractivity contribution is 6.12. The molecule has 5 heteroatoms. The first-order valence-electron chi connectivity index (χ1n) is 7.08. The molecule has 2 heterocycles. The maximum absolute atomic E-state index is 12.5. The minimum Gasteiger partial charge on any atom is -0.383 e. The lowest BCUT2D eigenvalue weighted by Crippen LogP contribution is -2.12. The van der Waals surface area contributed by atoms with Crippen LogP contribution in [0.3, 0.4) is 0 Å². The van der Waals surface area contributed by atoms with Crippen molar-refractivity contribution in [3.63, 3.8) is 0 Å². The fraction of sp³-hybridized carbons (Fsp3) is 0.176. The quantitative estimate of drug-likeness (QED) is 0.787. The molecule has 1 aromatic carbocycles. The molecule has 3 rings (SSSR count). The van der Waals surface area contributed by atoms with Crippen molar-refractivity contribution in [1.82, 2.24) is 9.55 Å². The number of carbonyl (C=O) groups excluding carboxylic acids is 1. The number of ether oxygens (including phenoxy) is 1. The van der Waals surface area contributed by atoms with Gasteiger partial charge in [-0.05, 0) is 30.3 Å². The Bertz CT molecular complexity index is 781. The first-order valence-corrected chi connectivity index (χ1v) is 7.08. The van der Waals surface area contributed by atoms with Crippen molar-refractivity contribution in [3.05, 3.63) is 60.6 Å². The molecule has 0 spiro atoms. The Morgan fingerprint density at radius 1 is 1.23 bits per heavy atom. The van der Waals surface area contributed by atoms with Crippen LogP contribution in [0.15, 0.2) is 55.0 Å². The predicted octanol–water partition coefficient (Wildman–Crippen LogP) is 2.94. The van der Waals surface area contributed by atoms with E-state index in [0.717, 1.165) is 23.1 Å². The molecule has 0 atom stereocenters. The summed E-state index contributed by atoms with van der Waals surface area (Å²) in [7, 11) is 1.68. The molecule has 0 bridgehead atoms. The maximum Gasteiger partial charge on any atom is 0.256 e. The summed E-state index contributed by atoms with van der Waals surface area (Å²) in [5.41, 5.74) is 2.42. The second-order valence-corrected chi connectivity index (χ2v) is 4.93. The third-order valence-corrected chi connectivity index (χ3v) is 3.53. The van der Waals surface area contributed by atoms with Gasteiger partial charge in [-0.25, -0.2) is 0 Å². The maximum atomic E-state index is 12.5. The van der Waals surface area contributed by atoms with Crippen LogP contribution in [-0.2, 0) is 11.3 Å². The van der Waals surface area contributed by atoms with Crippen molar-refractivity contribution in [3.8, 4) is 0 Å². The van der Waals surface area contributed by atoms with Crippen LogP contribution in [0.1, 0.15) is 10.4 Å². The predicted molar refractivity (Wildman–Crippen MR) is 86.0 cm³/mol. The molecule has 3 aromatic rings. The van der Waals surface area contributed by atoms with E-state index in [1.807, 2.05) is 30.5 Å². The number of rotatable bonds is 5. The van der Waals surface area contributed by atoms with Gasteiger partial charge in [-0.2, -0.15) is 0 Å². The van der Waals surface area contributed by atoms with Crippen molar-refractivity contribution in [2.24, 2.45) is 0 Å². The number of amides is 1. The Morgan fingerprint density at radius 3 is 2.82 bits per heavy atom. The van der Waals surface area contributed by atoms with E-state index in [4.69, 9.17) is 4.74 Å². The first kappa shape index (κ1) is 14.3. The molecule has 1 amide bonds. The average Bonchev–Trinajstić information content (AvgIpc) is 2.97. The van der Waals surface area contributed by atoms with E-state index in [9.17, 15) is 4.79 Å². The molecule has 2 aromatic heterocycles. The minimum atomic E-state index is -0.124. The van der Waals surface area contributed by atoms with Crippen LogP contribution in [-0.4, -0.2) is 29.2 Å². The zero-order chi connectivity index (χ0) is 15.4. The van der Waals surface area contributed by atoms with Crippen molar-refractivity contribution < 1.29 is 9.53 Å². The zero-order valence-electron chi connectivity index (χ0n) is 12.3. The minimum absolute atomic E-state index is 0.124. The number of anilines is 1. The fourth-order valence-electron chi connectivity index (χ4n) is 2.44. The molecule has 0 radical (unpaired) electrons. The summed E-state index contributed by atoms with van der Waals surface area (Å²) in [6.45, 7) is 1.40. The van der Waals surface area contributed by atoms with E-state index < -0.39 is 0 Å². The molecular weight excluding hydrogens is 278 g/mol. The van der Waals surface area contributed by atoms with Crippen LogP contribution >= 0.6 is 0 Å². The third-order valence-electron chi connectivity index (χ3n) is 3.53. The Hall–Kier alpha value is -2.66. The molecule has 0 saturated carbocycles. The topological polar surface area (TPSA) is 56.1 Å². The molecule has 22 heavy (non-hydrogen) atoms. The van der Waals surface area contributed by atoms with Crippen LogP contribution in [0.2, 0.25) is 0 Å². The number of pyridine rings is 1. The largest absolute Gasteiger partial charge is 0.383 e. The van der Waals surface area contributed by atoms with Crippen LogP contribution in [0.4, 0.5) is 5.69 Å². The lowest BCUT2D eigenvalue weighted by molar-refractivity contribution is 0.102. The number of methoxy groups -OCH3 is 1. The molecule has 1 N–H and O–H groups in total. The van der Waals surface area contributed by atoms with Crippen molar-refractivity contribution in [2.75, 3.05) is 19.0 Å². The number of fused-ring (bicyclic) bond motifs is 1. The lowest BCUT2D eigenvalue weighted by Gasteiger charge is -2.08. The van der Waals surface area contributed by atoms with Crippen molar-refractivity contribution in [1.29, 1.82) is 0 Å². The standard InChI is InChI=1S/C17H17N3O2/c1-22-12-11-20-10-7-14-15(3-2-4-16(14)20)17(21)19-13-5-8-18-9-6-13/h2-10H,11-12H2,1H3,(H,18,19,21). The Kier molecular flexibility index (Phi) is 4.16. The van der Waals surface area contributed by atoms with E-state index in [2.05, 4.69) is 14.9 Å². The van der Waals surface area contributed by atoms with E-state index >= 15 is 0 Å². The van der Waals surface area contributed by atoms with E-state index in [-0.39, 0.29) is 5.91 Å². The van der Waals surface area contributed by atoms with Crippen molar-refractivity contribution >= 4 is 22.5 Å². The van der Waals surface area contributed by atoms with Crippen LogP contribution in [0.25, 0.3) is 10.9 Å². The second kappa shape index (κ2) is 6.41. The number of nitrogens with one attached hydrogen (secondary N) is 1. The average molecular weight is 295 g/mol. The van der Waals surface area contributed by atoms with Gasteiger partial charge in [-0.1, -0.05) is 6.07 Å². The summed E-state index contributed by atoms with van der Waals surface area (Å²) in [6.07, 6.45) is 5.28. The fourth-order valence-corrected chi connectivity index (χ4v) is 2.44. The van der Waals surface area contributed by atoms with Gasteiger partial charge in [-0.15, -0.1) is 0 Å². The van der Waals surface area contributed by atoms with Gasteiger partial charge >= 0.3 is 0 Å². The van der Waals surface area contributed by atoms with Crippen molar-refractivity contribution in [2.45, 2.75) is 6.54 Å². The molecule has 0 saturated heterocycles. The highest BCUT2D eigenvalue weighted by atomic mass is 16.5. The second-order valence-electron chi connectivity index (χ2n) is 4.93. The number of aromatic nitrogens is 2. The summed E-state index contributed by atoms with van der Waals surface area (Å²) in [5, 5.41) is 3.83. The van der Waals surface area contributed by atoms with Gasteiger partial charge < -0.3 is 14.6 Å². The molecule has 112 valence electrons. The van der Waals surface area contributed by atoms with Crippen LogP contribution < -0.4 is 5.32 Å². The number of benzene rings is 1. The van der Waals surface area contributed by atoms with Gasteiger partial charge in [0.15, 0.2) is 0 Å². The van der Waals surface area contributed by atoms with E-state index in [1.54, 1.807) is 31.6 Å². The summed E-state index contributed by atoms with van der Waals surface area (Å²) >= 11 is 0. The first-order chi connectivity index (χ1) is 10.8. The van der Waals surface area contributed by atoms with Gasteiger partial charge in [0.05, 0.1) is 6.61 Å². The summed E-state index contributed by atoms with van der Waals surface area (Å²) < 4.78 is 7.20. The SMILES string of the molecule is COCCn1ccc2c(C(=O)Nc3ccncc3)cccc21. The zero-order valence-corrected chi connectivity index (χ0v) is 12.3. The van der Waals surface area contributed by atoms with E-state index in [0.29, 0.717) is 12.2 Å². The molecule has 0 unspecified atom stereocenters. The molecule has 0 fully saturated rings. The lowest BCUT2D eigenvalue weighted by atomic mass is 10.1. The van der Waals surface area contributed by atoms with Gasteiger partial charge in [0.2, 0.25) is 0 Å². The van der Waals surface area contributed by atoms with Crippen LogP contribution in [0, 0.1) is 0 Å². The summed E-state index contributed by atoms with van der Waals surface area (Å²) in [6, 6.07) is 11.2. The monoisotopic (exact) mass is 295 g/mol. The summed E-state index contributed by atoms with van der Waals surface area (Å²) in [4.78, 5) is 16.4. The van der Waals surface area contributed by atoms with Crippen LogP contribution in [0.5, 0.6) is 0 Å². The Balaban J connectivity index is 1.90. The van der Waals surface area contributed by atoms with Gasteiger partial charge in [0, 0.05) is 54.4 Å². The van der Waals surface area contributed by atoms with E-state index in [1.165, 1.54) is 0 Å². The molecule has 5 nitrogen and oxygen atoms in total. The molecular formula is C17H17N3O2. The van der Waals surface area contributed by atoms with Gasteiger partial charge in [0.1, 0.15) is 0 Å². The number of hydrogen-bond donors (Lipinski definition) is 1. The van der Waals surface area contributed by atoms with Gasteiger partial charge in [0.25, 0.3) is 5.91 Å². The molecule has 0 aliphatic heterocycles. The molecule has 0 aliphatic rings. The van der Waals surface area contributed by atoms with Gasteiger partial charge in [-0.3, -0.25) is 9.78 Å². The highest BCUT2D eigenvalue weighted by Crippen LogP contribution is 2.21. The highest BCUT2D eigenvalue weighted by Gasteiger charge is 2.12. The normalized spacial score (nSPS) is 10.8. The Labute approximate surface area is 128 Å². The molecule has 0 aliphatic carbocycles. The Morgan fingerprint density at radius 2 is 2.05 bits per heavy atom. The summed E-state index contributed by atoms with van der Waals surface area (Å²) in [5.74, 6) is -0.124. The number of carbonyl (C=O) groups is 1. The third kappa shape index (κ3) is 2.84. The number of hydrogen-bond acceptors (Lipinski definition) is 3. The smallest absolute Gasteiger partial charge is 0.256 e.